The van der Waals surface area contributed by atoms with Crippen molar-refractivity contribution in [1.29, 1.82) is 0 Å². The predicted octanol–water partition coefficient (Wildman–Crippen LogP) is 6.17. The van der Waals surface area contributed by atoms with Gasteiger partial charge in [0.1, 0.15) is 0 Å². The largest absolute Gasteiger partial charge is 0.345 e. The molecule has 1 atom stereocenters. The van der Waals surface area contributed by atoms with Gasteiger partial charge in [-0.25, -0.2) is 4.98 Å². The Balaban J connectivity index is 1.43. The van der Waals surface area contributed by atoms with Crippen molar-refractivity contribution >= 4 is 33.9 Å². The van der Waals surface area contributed by atoms with E-state index in [1.807, 2.05) is 18.2 Å². The molecular weight excluding hydrogens is 414 g/mol. The second-order valence-electron chi connectivity index (χ2n) is 7.71. The molecule has 0 spiro atoms. The molecule has 1 aromatic carbocycles. The highest BCUT2D eigenvalue weighted by molar-refractivity contribution is 7.13. The molecule has 0 bridgehead atoms. The molecule has 4 rings (SSSR count). The first-order chi connectivity index (χ1) is 14.7. The van der Waals surface area contributed by atoms with Crippen molar-refractivity contribution in [2.24, 2.45) is 0 Å². The van der Waals surface area contributed by atoms with E-state index in [1.165, 1.54) is 12.8 Å². The molecule has 1 saturated carbocycles. The molecule has 0 amide bonds. The van der Waals surface area contributed by atoms with Crippen molar-refractivity contribution < 1.29 is 4.79 Å². The van der Waals surface area contributed by atoms with Gasteiger partial charge in [-0.15, -0.1) is 11.3 Å². The Kier molecular flexibility index (Phi) is 6.80. The van der Waals surface area contributed by atoms with Crippen molar-refractivity contribution in [2.75, 3.05) is 11.4 Å². The Hall–Kier alpha value is -2.24. The second kappa shape index (κ2) is 9.71. The van der Waals surface area contributed by atoms with Gasteiger partial charge in [0.25, 0.3) is 0 Å². The van der Waals surface area contributed by atoms with E-state index in [4.69, 9.17) is 16.6 Å². The molecule has 6 heteroatoms. The molecule has 4 nitrogen and oxygen atoms in total. The van der Waals surface area contributed by atoms with Crippen LogP contribution in [0.3, 0.4) is 0 Å². The number of rotatable bonds is 10. The summed E-state index contributed by atoms with van der Waals surface area (Å²) in [6.07, 6.45) is 6.81. The van der Waals surface area contributed by atoms with Gasteiger partial charge in [-0.3, -0.25) is 9.78 Å². The summed E-state index contributed by atoms with van der Waals surface area (Å²) in [4.78, 5) is 24.9. The number of pyridine rings is 1. The number of halogens is 1. The van der Waals surface area contributed by atoms with Crippen LogP contribution in [0.2, 0.25) is 5.02 Å². The van der Waals surface area contributed by atoms with Crippen LogP contribution in [0.25, 0.3) is 0 Å². The summed E-state index contributed by atoms with van der Waals surface area (Å²) in [5.41, 5.74) is 2.61. The number of hydrogen-bond acceptors (Lipinski definition) is 5. The quantitative estimate of drug-likeness (QED) is 0.354. The Labute approximate surface area is 186 Å². The zero-order valence-electron chi connectivity index (χ0n) is 17.1. The van der Waals surface area contributed by atoms with Gasteiger partial charge in [0, 0.05) is 34.7 Å². The first-order valence-electron chi connectivity index (χ1n) is 10.6. The number of benzene rings is 1. The van der Waals surface area contributed by atoms with Gasteiger partial charge < -0.3 is 4.90 Å². The Morgan fingerprint density at radius 2 is 2.03 bits per heavy atom. The third-order valence-corrected chi connectivity index (χ3v) is 6.71. The average molecular weight is 440 g/mol. The Bertz CT molecular complexity index is 970. The lowest BCUT2D eigenvalue weighted by Gasteiger charge is -2.18. The highest BCUT2D eigenvalue weighted by Crippen LogP contribution is 2.33. The van der Waals surface area contributed by atoms with E-state index in [1.54, 1.807) is 41.8 Å². The van der Waals surface area contributed by atoms with E-state index in [-0.39, 0.29) is 11.7 Å². The SMILES string of the molecule is CCN(c1nc(CCCC(C(=O)c2ccc(Cl)cc2)c2ccccn2)cs1)C1CC1. The lowest BCUT2D eigenvalue weighted by Crippen LogP contribution is -2.24. The van der Waals surface area contributed by atoms with Crippen molar-refractivity contribution in [3.8, 4) is 0 Å². The summed E-state index contributed by atoms with van der Waals surface area (Å²) in [7, 11) is 0. The summed E-state index contributed by atoms with van der Waals surface area (Å²) < 4.78 is 0. The van der Waals surface area contributed by atoms with Gasteiger partial charge >= 0.3 is 0 Å². The predicted molar refractivity (Wildman–Crippen MR) is 124 cm³/mol. The van der Waals surface area contributed by atoms with Crippen LogP contribution in [0.4, 0.5) is 5.13 Å². The summed E-state index contributed by atoms with van der Waals surface area (Å²) in [5, 5.41) is 3.93. The topological polar surface area (TPSA) is 46.1 Å². The molecular formula is C24H26ClN3OS. The fourth-order valence-electron chi connectivity index (χ4n) is 3.78. The molecule has 0 N–H and O–H groups in total. The number of hydrogen-bond donors (Lipinski definition) is 0. The smallest absolute Gasteiger partial charge is 0.185 e. The van der Waals surface area contributed by atoms with Gasteiger partial charge in [-0.05, 0) is 75.4 Å². The minimum atomic E-state index is -0.260. The lowest BCUT2D eigenvalue weighted by atomic mass is 9.89. The summed E-state index contributed by atoms with van der Waals surface area (Å²) in [5.74, 6) is -0.167. The van der Waals surface area contributed by atoms with E-state index in [0.717, 1.165) is 42.3 Å². The molecule has 1 aliphatic rings. The van der Waals surface area contributed by atoms with Crippen LogP contribution in [0.5, 0.6) is 0 Å². The van der Waals surface area contributed by atoms with E-state index in [0.29, 0.717) is 16.6 Å². The zero-order valence-corrected chi connectivity index (χ0v) is 18.7. The summed E-state index contributed by atoms with van der Waals surface area (Å²) >= 11 is 7.72. The number of Topliss-reactive ketones (excluding diaryl/α,β-unsaturated/α-hetero) is 1. The molecule has 156 valence electrons. The van der Waals surface area contributed by atoms with E-state index in [9.17, 15) is 4.79 Å². The maximum Gasteiger partial charge on any atom is 0.185 e. The molecule has 2 heterocycles. The lowest BCUT2D eigenvalue weighted by molar-refractivity contribution is 0.0952. The third-order valence-electron chi connectivity index (χ3n) is 5.53. The van der Waals surface area contributed by atoms with Crippen molar-refractivity contribution in [3.63, 3.8) is 0 Å². The van der Waals surface area contributed by atoms with Crippen LogP contribution in [0.1, 0.15) is 60.3 Å². The number of nitrogens with zero attached hydrogens (tertiary/aromatic N) is 3. The van der Waals surface area contributed by atoms with Crippen molar-refractivity contribution in [2.45, 2.75) is 51.0 Å². The zero-order chi connectivity index (χ0) is 20.9. The fraction of sp³-hybridized carbons (Fsp3) is 0.375. The molecule has 1 fully saturated rings. The monoisotopic (exact) mass is 439 g/mol. The molecule has 0 saturated heterocycles. The number of aryl methyl sites for hydroxylation is 1. The molecule has 30 heavy (non-hydrogen) atoms. The van der Waals surface area contributed by atoms with Crippen LogP contribution in [-0.2, 0) is 6.42 Å². The van der Waals surface area contributed by atoms with Gasteiger partial charge in [-0.1, -0.05) is 17.7 Å². The highest BCUT2D eigenvalue weighted by atomic mass is 35.5. The van der Waals surface area contributed by atoms with Crippen LogP contribution >= 0.6 is 22.9 Å². The normalized spacial score (nSPS) is 14.5. The van der Waals surface area contributed by atoms with E-state index < -0.39 is 0 Å². The molecule has 2 aromatic heterocycles. The minimum absolute atomic E-state index is 0.0928. The van der Waals surface area contributed by atoms with Crippen LogP contribution in [0, 0.1) is 0 Å². The average Bonchev–Trinajstić information content (AvgIpc) is 3.50. The number of carbonyl (C=O) groups is 1. The van der Waals surface area contributed by atoms with Crippen molar-refractivity contribution in [1.82, 2.24) is 9.97 Å². The summed E-state index contributed by atoms with van der Waals surface area (Å²) in [6.45, 7) is 3.20. The fourth-order valence-corrected chi connectivity index (χ4v) is 4.90. The number of thiazole rings is 1. The molecule has 1 aliphatic carbocycles. The van der Waals surface area contributed by atoms with Gasteiger partial charge in [0.2, 0.25) is 0 Å². The van der Waals surface area contributed by atoms with Crippen molar-refractivity contribution in [3.05, 3.63) is 76.0 Å². The number of ketones is 1. The Morgan fingerprint density at radius 3 is 2.70 bits per heavy atom. The number of aromatic nitrogens is 2. The Morgan fingerprint density at radius 1 is 1.23 bits per heavy atom. The first kappa shape index (κ1) is 21.0. The maximum atomic E-state index is 13.2. The van der Waals surface area contributed by atoms with Gasteiger partial charge in [-0.2, -0.15) is 0 Å². The molecule has 1 unspecified atom stereocenters. The molecule has 0 radical (unpaired) electrons. The summed E-state index contributed by atoms with van der Waals surface area (Å²) in [6, 6.07) is 13.6. The number of carbonyl (C=O) groups excluding carboxylic acids is 1. The highest BCUT2D eigenvalue weighted by Gasteiger charge is 2.29. The van der Waals surface area contributed by atoms with Gasteiger partial charge in [0.15, 0.2) is 10.9 Å². The molecule has 3 aromatic rings. The first-order valence-corrected chi connectivity index (χ1v) is 11.8. The standard InChI is InChI=1S/C24H26ClN3OS/c1-2-28(20-13-14-20)24-27-19(16-30-24)6-5-7-21(22-8-3-4-15-26-22)23(29)17-9-11-18(25)12-10-17/h3-4,8-12,15-16,20-21H,2,5-7,13-14H2,1H3. The second-order valence-corrected chi connectivity index (χ2v) is 8.98. The number of anilines is 1. The van der Waals surface area contributed by atoms with Crippen LogP contribution in [0.15, 0.2) is 54.0 Å². The van der Waals surface area contributed by atoms with Gasteiger partial charge in [0.05, 0.1) is 17.3 Å². The van der Waals surface area contributed by atoms with Crippen LogP contribution in [-0.4, -0.2) is 28.3 Å². The van der Waals surface area contributed by atoms with E-state index >= 15 is 0 Å². The molecule has 0 aliphatic heterocycles. The maximum absolute atomic E-state index is 13.2. The third kappa shape index (κ3) is 5.08. The van der Waals surface area contributed by atoms with E-state index in [2.05, 4.69) is 22.2 Å². The minimum Gasteiger partial charge on any atom is -0.345 e. The van der Waals surface area contributed by atoms with Crippen LogP contribution < -0.4 is 4.90 Å².